The number of benzene rings is 1. The van der Waals surface area contributed by atoms with Crippen LogP contribution in [-0.2, 0) is 11.3 Å². The van der Waals surface area contributed by atoms with Crippen molar-refractivity contribution >= 4 is 46.0 Å². The van der Waals surface area contributed by atoms with Crippen LogP contribution in [0.4, 0.5) is 8.78 Å². The molecule has 1 amide bonds. The van der Waals surface area contributed by atoms with Crippen molar-refractivity contribution in [2.45, 2.75) is 37.3 Å². The van der Waals surface area contributed by atoms with E-state index in [1.165, 1.54) is 4.57 Å². The molecular weight excluding hydrogens is 356 g/mol. The summed E-state index contributed by atoms with van der Waals surface area (Å²) in [6.45, 7) is 3.65. The summed E-state index contributed by atoms with van der Waals surface area (Å²) in [7, 11) is 0. The predicted octanol–water partition coefficient (Wildman–Crippen LogP) is 2.25. The third-order valence-corrected chi connectivity index (χ3v) is 3.77. The number of hydrazine groups is 1. The standard InChI is InChI=1S/C14H17F2N5OS2/c1-8(2)17-13(23)20-19-11(22)7-21-10-6-4-3-5-9(10)18-14(21)24-12(15)16/h3-6,8,12H,7H2,1-2H3,(H,19,22)(H2,17,20,23). The number of carbonyl (C=O) groups excluding carboxylic acids is 1. The third kappa shape index (κ3) is 5.03. The topological polar surface area (TPSA) is 71.0 Å². The van der Waals surface area contributed by atoms with Gasteiger partial charge in [-0.05, 0) is 50.0 Å². The Morgan fingerprint density at radius 1 is 1.33 bits per heavy atom. The van der Waals surface area contributed by atoms with E-state index in [0.29, 0.717) is 22.8 Å². The number of aromatic nitrogens is 2. The molecule has 0 spiro atoms. The summed E-state index contributed by atoms with van der Waals surface area (Å²) < 4.78 is 26.9. The molecule has 3 N–H and O–H groups in total. The number of alkyl halides is 2. The van der Waals surface area contributed by atoms with Crippen molar-refractivity contribution in [1.29, 1.82) is 0 Å². The van der Waals surface area contributed by atoms with Gasteiger partial charge in [0, 0.05) is 6.04 Å². The molecule has 1 aromatic carbocycles. The number of rotatable bonds is 5. The number of hydrogen-bond donors (Lipinski definition) is 3. The zero-order valence-electron chi connectivity index (χ0n) is 13.0. The molecule has 0 radical (unpaired) electrons. The van der Waals surface area contributed by atoms with E-state index in [9.17, 15) is 13.6 Å². The fourth-order valence-electron chi connectivity index (χ4n) is 1.98. The van der Waals surface area contributed by atoms with Gasteiger partial charge in [-0.1, -0.05) is 12.1 Å². The molecule has 0 fully saturated rings. The number of nitrogens with one attached hydrogen (secondary N) is 3. The van der Waals surface area contributed by atoms with E-state index in [0.717, 1.165) is 0 Å². The Labute approximate surface area is 147 Å². The molecule has 0 bridgehead atoms. The number of imidazole rings is 1. The largest absolute Gasteiger partial charge is 0.359 e. The van der Waals surface area contributed by atoms with E-state index in [1.54, 1.807) is 24.3 Å². The van der Waals surface area contributed by atoms with E-state index >= 15 is 0 Å². The Morgan fingerprint density at radius 3 is 2.71 bits per heavy atom. The van der Waals surface area contributed by atoms with Crippen molar-refractivity contribution in [3.05, 3.63) is 24.3 Å². The van der Waals surface area contributed by atoms with Gasteiger partial charge in [0.25, 0.3) is 11.7 Å². The predicted molar refractivity (Wildman–Crippen MR) is 93.7 cm³/mol. The van der Waals surface area contributed by atoms with Crippen LogP contribution in [0.3, 0.4) is 0 Å². The van der Waals surface area contributed by atoms with E-state index in [1.807, 2.05) is 13.8 Å². The van der Waals surface area contributed by atoms with Gasteiger partial charge in [-0.15, -0.1) is 0 Å². The van der Waals surface area contributed by atoms with Crippen LogP contribution in [0, 0.1) is 0 Å². The number of hydrogen-bond acceptors (Lipinski definition) is 4. The third-order valence-electron chi connectivity index (χ3n) is 2.85. The Hall–Kier alpha value is -1.94. The van der Waals surface area contributed by atoms with Crippen LogP contribution in [0.1, 0.15) is 13.8 Å². The molecule has 0 saturated heterocycles. The molecule has 0 unspecified atom stereocenters. The lowest BCUT2D eigenvalue weighted by atomic mass is 10.3. The maximum Gasteiger partial charge on any atom is 0.291 e. The van der Waals surface area contributed by atoms with E-state index in [2.05, 4.69) is 21.2 Å². The molecule has 0 aliphatic rings. The maximum absolute atomic E-state index is 12.7. The number of carbonyl (C=O) groups is 1. The summed E-state index contributed by atoms with van der Waals surface area (Å²) in [6.07, 6.45) is 0. The highest BCUT2D eigenvalue weighted by Gasteiger charge is 2.17. The first-order valence-electron chi connectivity index (χ1n) is 7.12. The summed E-state index contributed by atoms with van der Waals surface area (Å²) in [4.78, 5) is 16.2. The molecule has 24 heavy (non-hydrogen) atoms. The van der Waals surface area contributed by atoms with Crippen LogP contribution < -0.4 is 16.2 Å². The van der Waals surface area contributed by atoms with Crippen molar-refractivity contribution in [2.24, 2.45) is 0 Å². The van der Waals surface area contributed by atoms with Gasteiger partial charge in [0.05, 0.1) is 11.0 Å². The van der Waals surface area contributed by atoms with Crippen LogP contribution in [0.15, 0.2) is 29.4 Å². The summed E-state index contributed by atoms with van der Waals surface area (Å²) in [6, 6.07) is 7.07. The fraction of sp³-hybridized carbons (Fsp3) is 0.357. The average molecular weight is 373 g/mol. The molecule has 10 heteroatoms. The summed E-state index contributed by atoms with van der Waals surface area (Å²) in [5, 5.41) is 3.27. The van der Waals surface area contributed by atoms with Crippen molar-refractivity contribution in [3.8, 4) is 0 Å². The van der Waals surface area contributed by atoms with E-state index in [-0.39, 0.29) is 22.9 Å². The fourth-order valence-corrected chi connectivity index (χ4v) is 2.87. The quantitative estimate of drug-likeness (QED) is 0.424. The molecular formula is C14H17F2N5OS2. The van der Waals surface area contributed by atoms with Gasteiger partial charge in [0.1, 0.15) is 6.54 Å². The monoisotopic (exact) mass is 373 g/mol. The second-order valence-corrected chi connectivity index (χ2v) is 6.51. The SMILES string of the molecule is CC(C)NC(=S)NNC(=O)Cn1c(SC(F)F)nc2ccccc21. The zero-order chi connectivity index (χ0) is 17.7. The Balaban J connectivity index is 2.10. The first kappa shape index (κ1) is 18.4. The van der Waals surface area contributed by atoms with Gasteiger partial charge >= 0.3 is 0 Å². The minimum Gasteiger partial charge on any atom is -0.359 e. The molecule has 1 aromatic heterocycles. The molecule has 0 saturated carbocycles. The van der Waals surface area contributed by atoms with E-state index < -0.39 is 11.7 Å². The van der Waals surface area contributed by atoms with Gasteiger partial charge in [0.2, 0.25) is 0 Å². The Kier molecular flexibility index (Phi) is 6.32. The first-order chi connectivity index (χ1) is 11.4. The van der Waals surface area contributed by atoms with Crippen LogP contribution in [-0.4, -0.2) is 32.4 Å². The Morgan fingerprint density at radius 2 is 2.04 bits per heavy atom. The molecule has 6 nitrogen and oxygen atoms in total. The highest BCUT2D eigenvalue weighted by Crippen LogP contribution is 2.28. The minimum atomic E-state index is -2.62. The van der Waals surface area contributed by atoms with Crippen molar-refractivity contribution < 1.29 is 13.6 Å². The highest BCUT2D eigenvalue weighted by molar-refractivity contribution is 7.99. The number of fused-ring (bicyclic) bond motifs is 1. The van der Waals surface area contributed by atoms with Crippen molar-refractivity contribution in [3.63, 3.8) is 0 Å². The van der Waals surface area contributed by atoms with Gasteiger partial charge < -0.3 is 9.88 Å². The smallest absolute Gasteiger partial charge is 0.291 e. The minimum absolute atomic E-state index is 0.0873. The number of nitrogens with zero attached hydrogens (tertiary/aromatic N) is 2. The van der Waals surface area contributed by atoms with Gasteiger partial charge in [0.15, 0.2) is 10.3 Å². The van der Waals surface area contributed by atoms with Gasteiger partial charge in [-0.25, -0.2) is 4.98 Å². The summed E-state index contributed by atoms with van der Waals surface area (Å²) in [5.74, 6) is -3.05. The average Bonchev–Trinajstić information content (AvgIpc) is 2.81. The second kappa shape index (κ2) is 8.25. The zero-order valence-corrected chi connectivity index (χ0v) is 14.7. The Bertz CT molecular complexity index is 735. The van der Waals surface area contributed by atoms with E-state index in [4.69, 9.17) is 12.2 Å². The van der Waals surface area contributed by atoms with Crippen LogP contribution in [0.25, 0.3) is 11.0 Å². The first-order valence-corrected chi connectivity index (χ1v) is 8.41. The lowest BCUT2D eigenvalue weighted by Gasteiger charge is -2.14. The molecule has 1 heterocycles. The summed E-state index contributed by atoms with van der Waals surface area (Å²) >= 11 is 5.30. The normalized spacial score (nSPS) is 11.1. The molecule has 2 rings (SSSR count). The molecule has 130 valence electrons. The van der Waals surface area contributed by atoms with Crippen molar-refractivity contribution in [2.75, 3.05) is 0 Å². The van der Waals surface area contributed by atoms with Crippen LogP contribution >= 0.6 is 24.0 Å². The van der Waals surface area contributed by atoms with Gasteiger partial charge in [-0.2, -0.15) is 8.78 Å². The molecule has 2 aromatic rings. The lowest BCUT2D eigenvalue weighted by Crippen LogP contribution is -2.49. The maximum atomic E-state index is 12.7. The van der Waals surface area contributed by atoms with Crippen LogP contribution in [0.2, 0.25) is 0 Å². The number of amides is 1. The van der Waals surface area contributed by atoms with Crippen LogP contribution in [0.5, 0.6) is 0 Å². The molecule has 0 aliphatic heterocycles. The number of para-hydroxylation sites is 2. The second-order valence-electron chi connectivity index (χ2n) is 5.15. The number of halogens is 2. The summed E-state index contributed by atoms with van der Waals surface area (Å²) in [5.41, 5.74) is 6.16. The van der Waals surface area contributed by atoms with Gasteiger partial charge in [-0.3, -0.25) is 15.6 Å². The lowest BCUT2D eigenvalue weighted by molar-refractivity contribution is -0.122. The highest BCUT2D eigenvalue weighted by atomic mass is 32.2. The molecule has 0 atom stereocenters. The number of thioether (sulfide) groups is 1. The number of thiocarbonyl (C=S) groups is 1. The molecule has 0 aliphatic carbocycles. The van der Waals surface area contributed by atoms with Crippen molar-refractivity contribution in [1.82, 2.24) is 25.7 Å².